The molecule has 0 aromatic heterocycles. The predicted octanol–water partition coefficient (Wildman–Crippen LogP) is 3.65. The molecule has 0 aliphatic carbocycles. The number of morpholine rings is 1. The van der Waals surface area contributed by atoms with E-state index in [-0.39, 0.29) is 24.0 Å². The van der Waals surface area contributed by atoms with E-state index in [1.165, 1.54) is 19.3 Å². The van der Waals surface area contributed by atoms with E-state index in [2.05, 4.69) is 46.5 Å². The van der Waals surface area contributed by atoms with Crippen LogP contribution in [0.4, 0.5) is 0 Å². The Morgan fingerprint density at radius 3 is 2.72 bits per heavy atom. The van der Waals surface area contributed by atoms with Gasteiger partial charge in [-0.1, -0.05) is 44.4 Å². The molecule has 0 bridgehead atoms. The summed E-state index contributed by atoms with van der Waals surface area (Å²) in [6.07, 6.45) is 4.95. The van der Waals surface area contributed by atoms with Gasteiger partial charge in [0, 0.05) is 44.8 Å². The summed E-state index contributed by atoms with van der Waals surface area (Å²) in [5, 5.41) is 6.90. The normalized spacial score (nSPS) is 16.0. The van der Waals surface area contributed by atoms with E-state index in [9.17, 15) is 0 Å². The highest BCUT2D eigenvalue weighted by Crippen LogP contribution is 2.17. The zero-order valence-corrected chi connectivity index (χ0v) is 20.6. The number of aliphatic imine (C=N–C) groups is 1. The first-order valence-electron chi connectivity index (χ1n) is 10.7. The second-order valence-electron chi connectivity index (χ2n) is 7.38. The van der Waals surface area contributed by atoms with Gasteiger partial charge in [-0.25, -0.2) is 0 Å². The van der Waals surface area contributed by atoms with Crippen LogP contribution in [0.2, 0.25) is 0 Å². The fraction of sp³-hybridized carbons (Fsp3) is 0.682. The number of para-hydroxylation sites is 1. The van der Waals surface area contributed by atoms with Crippen LogP contribution in [-0.2, 0) is 11.3 Å². The molecule has 0 spiro atoms. The summed E-state index contributed by atoms with van der Waals surface area (Å²) in [5.74, 6) is 1.78. The van der Waals surface area contributed by atoms with Crippen LogP contribution in [0.5, 0.6) is 5.75 Å². The third-order valence-electron chi connectivity index (χ3n) is 5.04. The van der Waals surface area contributed by atoms with Gasteiger partial charge in [0.15, 0.2) is 5.96 Å². The molecule has 0 saturated carbocycles. The predicted molar refractivity (Wildman–Crippen MR) is 132 cm³/mol. The van der Waals surface area contributed by atoms with Gasteiger partial charge in [0.1, 0.15) is 12.4 Å². The number of ether oxygens (including phenoxy) is 2. The quantitative estimate of drug-likeness (QED) is 0.203. The van der Waals surface area contributed by atoms with Gasteiger partial charge in [-0.3, -0.25) is 9.89 Å². The molecule has 1 fully saturated rings. The van der Waals surface area contributed by atoms with Crippen LogP contribution < -0.4 is 15.4 Å². The molecule has 29 heavy (non-hydrogen) atoms. The van der Waals surface area contributed by atoms with Crippen molar-refractivity contribution in [2.24, 2.45) is 4.99 Å². The van der Waals surface area contributed by atoms with E-state index in [4.69, 9.17) is 9.47 Å². The number of hydrogen-bond donors (Lipinski definition) is 2. The molecule has 1 saturated heterocycles. The summed E-state index contributed by atoms with van der Waals surface area (Å²) in [6, 6.07) is 8.64. The topological polar surface area (TPSA) is 58.1 Å². The minimum Gasteiger partial charge on any atom is -0.492 e. The van der Waals surface area contributed by atoms with Gasteiger partial charge in [0.25, 0.3) is 0 Å². The van der Waals surface area contributed by atoms with E-state index >= 15 is 0 Å². The minimum atomic E-state index is 0. The van der Waals surface area contributed by atoms with Gasteiger partial charge in [0.05, 0.1) is 13.2 Å². The summed E-state index contributed by atoms with van der Waals surface area (Å²) >= 11 is 0. The SMILES string of the molecule is CCCCCC(C)NC(=NC)NCc1ccccc1OCCN1CCOCC1.I. The monoisotopic (exact) mass is 518 g/mol. The van der Waals surface area contributed by atoms with Crippen LogP contribution in [0.1, 0.15) is 45.1 Å². The van der Waals surface area contributed by atoms with Crippen LogP contribution in [0.25, 0.3) is 0 Å². The van der Waals surface area contributed by atoms with Crippen molar-refractivity contribution >= 4 is 29.9 Å². The molecule has 7 heteroatoms. The minimum absolute atomic E-state index is 0. The Hall–Kier alpha value is -1.06. The van der Waals surface area contributed by atoms with Crippen molar-refractivity contribution in [3.63, 3.8) is 0 Å². The van der Waals surface area contributed by atoms with Crippen molar-refractivity contribution in [2.45, 2.75) is 52.1 Å². The Kier molecular flexibility index (Phi) is 14.1. The molecule has 1 aromatic rings. The number of halogens is 1. The first-order chi connectivity index (χ1) is 13.7. The summed E-state index contributed by atoms with van der Waals surface area (Å²) in [6.45, 7) is 10.4. The largest absolute Gasteiger partial charge is 0.492 e. The van der Waals surface area contributed by atoms with Crippen molar-refractivity contribution in [2.75, 3.05) is 46.5 Å². The lowest BCUT2D eigenvalue weighted by Gasteiger charge is -2.26. The molecule has 166 valence electrons. The van der Waals surface area contributed by atoms with Gasteiger partial charge in [-0.2, -0.15) is 0 Å². The highest BCUT2D eigenvalue weighted by Gasteiger charge is 2.11. The zero-order valence-electron chi connectivity index (χ0n) is 18.3. The fourth-order valence-electron chi connectivity index (χ4n) is 3.28. The molecule has 2 rings (SSSR count). The van der Waals surface area contributed by atoms with Crippen LogP contribution >= 0.6 is 24.0 Å². The molecule has 1 aromatic carbocycles. The van der Waals surface area contributed by atoms with Crippen LogP contribution in [0.15, 0.2) is 29.3 Å². The molecular formula is C22H39IN4O2. The molecule has 1 unspecified atom stereocenters. The fourth-order valence-corrected chi connectivity index (χ4v) is 3.28. The molecule has 1 atom stereocenters. The van der Waals surface area contributed by atoms with E-state index in [1.54, 1.807) is 0 Å². The number of unbranched alkanes of at least 4 members (excludes halogenated alkanes) is 2. The average molecular weight is 518 g/mol. The van der Waals surface area contributed by atoms with Crippen molar-refractivity contribution in [1.82, 2.24) is 15.5 Å². The van der Waals surface area contributed by atoms with E-state index in [0.717, 1.165) is 56.5 Å². The van der Waals surface area contributed by atoms with Crippen molar-refractivity contribution in [3.05, 3.63) is 29.8 Å². The molecule has 0 amide bonds. The Bertz CT molecular complexity index is 580. The molecule has 6 nitrogen and oxygen atoms in total. The van der Waals surface area contributed by atoms with E-state index in [1.807, 2.05) is 19.2 Å². The highest BCUT2D eigenvalue weighted by atomic mass is 127. The van der Waals surface area contributed by atoms with Gasteiger partial charge < -0.3 is 20.1 Å². The maximum absolute atomic E-state index is 6.07. The van der Waals surface area contributed by atoms with Crippen LogP contribution in [0, 0.1) is 0 Å². The highest BCUT2D eigenvalue weighted by molar-refractivity contribution is 14.0. The molecule has 1 aliphatic heterocycles. The van der Waals surface area contributed by atoms with Crippen molar-refractivity contribution in [3.8, 4) is 5.75 Å². The summed E-state index contributed by atoms with van der Waals surface area (Å²) in [4.78, 5) is 6.74. The summed E-state index contributed by atoms with van der Waals surface area (Å²) in [7, 11) is 1.82. The van der Waals surface area contributed by atoms with Crippen LogP contribution in [0.3, 0.4) is 0 Å². The second-order valence-corrected chi connectivity index (χ2v) is 7.38. The number of hydrogen-bond acceptors (Lipinski definition) is 4. The number of nitrogens with one attached hydrogen (secondary N) is 2. The molecule has 0 radical (unpaired) electrons. The molecule has 1 heterocycles. The Labute approximate surface area is 193 Å². The van der Waals surface area contributed by atoms with Gasteiger partial charge in [0.2, 0.25) is 0 Å². The summed E-state index contributed by atoms with van der Waals surface area (Å²) < 4.78 is 11.5. The maximum Gasteiger partial charge on any atom is 0.191 e. The molecule has 2 N–H and O–H groups in total. The number of benzene rings is 1. The summed E-state index contributed by atoms with van der Waals surface area (Å²) in [5.41, 5.74) is 1.14. The van der Waals surface area contributed by atoms with E-state index in [0.29, 0.717) is 19.2 Å². The van der Waals surface area contributed by atoms with E-state index < -0.39 is 0 Å². The van der Waals surface area contributed by atoms with Gasteiger partial charge in [-0.15, -0.1) is 24.0 Å². The van der Waals surface area contributed by atoms with Crippen molar-refractivity contribution in [1.29, 1.82) is 0 Å². The van der Waals surface area contributed by atoms with Gasteiger partial charge >= 0.3 is 0 Å². The lowest BCUT2D eigenvalue weighted by molar-refractivity contribution is 0.0322. The molecular weight excluding hydrogens is 479 g/mol. The second kappa shape index (κ2) is 15.7. The standard InChI is InChI=1S/C22H38N4O2.HI/c1-4-5-6-9-19(2)25-22(23-3)24-18-20-10-7-8-11-21(20)28-17-14-26-12-15-27-16-13-26;/h7-8,10-11,19H,4-6,9,12-18H2,1-3H3,(H2,23,24,25);1H. The number of guanidine groups is 1. The first-order valence-corrected chi connectivity index (χ1v) is 10.7. The lowest BCUT2D eigenvalue weighted by Crippen LogP contribution is -2.41. The smallest absolute Gasteiger partial charge is 0.191 e. The number of rotatable bonds is 11. The number of nitrogens with zero attached hydrogens (tertiary/aromatic N) is 2. The third kappa shape index (κ3) is 10.5. The Morgan fingerprint density at radius 2 is 2.00 bits per heavy atom. The average Bonchev–Trinajstić information content (AvgIpc) is 2.73. The zero-order chi connectivity index (χ0) is 20.0. The lowest BCUT2D eigenvalue weighted by atomic mass is 10.1. The van der Waals surface area contributed by atoms with Gasteiger partial charge in [-0.05, 0) is 19.4 Å². The molecule has 1 aliphatic rings. The third-order valence-corrected chi connectivity index (χ3v) is 5.04. The van der Waals surface area contributed by atoms with Crippen LogP contribution in [-0.4, -0.2) is 63.4 Å². The first kappa shape index (κ1) is 26.0. The Balaban J connectivity index is 0.00000420. The maximum atomic E-state index is 6.07. The van der Waals surface area contributed by atoms with Crippen molar-refractivity contribution < 1.29 is 9.47 Å². The Morgan fingerprint density at radius 1 is 1.24 bits per heavy atom.